The highest BCUT2D eigenvalue weighted by molar-refractivity contribution is 6.63. The van der Waals surface area contributed by atoms with Crippen LogP contribution in [0.15, 0.2) is 101 Å². The summed E-state index contributed by atoms with van der Waals surface area (Å²) in [6.45, 7) is 0. The molecule has 0 aliphatic rings. The van der Waals surface area contributed by atoms with Crippen LogP contribution in [0.4, 0.5) is 0 Å². The molecule has 0 spiro atoms. The van der Waals surface area contributed by atoms with Gasteiger partial charge in [-0.1, -0.05) is 66.7 Å². The molecule has 2 aromatic heterocycles. The van der Waals surface area contributed by atoms with E-state index >= 15 is 0 Å². The topological polar surface area (TPSA) is 58.5 Å². The molecule has 0 saturated carbocycles. The summed E-state index contributed by atoms with van der Waals surface area (Å²) >= 11 is 0. The van der Waals surface area contributed by atoms with Crippen molar-refractivity contribution < 1.29 is 14.5 Å². The number of fused-ring (bicyclic) bond motifs is 7. The first-order chi connectivity index (χ1) is 16.2. The van der Waals surface area contributed by atoms with Crippen molar-refractivity contribution in [2.75, 3.05) is 0 Å². The van der Waals surface area contributed by atoms with Gasteiger partial charge in [0.15, 0.2) is 5.58 Å². The van der Waals surface area contributed by atoms with E-state index in [2.05, 4.69) is 59.2 Å². The molecule has 4 nitrogen and oxygen atoms in total. The van der Waals surface area contributed by atoms with Gasteiger partial charge in [0.05, 0.1) is 16.7 Å². The van der Waals surface area contributed by atoms with Gasteiger partial charge in [-0.2, -0.15) is 0 Å². The summed E-state index contributed by atoms with van der Waals surface area (Å²) in [6, 6.07) is 32.6. The Hall–Kier alpha value is -4.06. The monoisotopic (exact) mass is 427 g/mol. The average Bonchev–Trinajstić information content (AvgIpc) is 3.38. The summed E-state index contributed by atoms with van der Waals surface area (Å²) in [5.74, 6) is 0. The van der Waals surface area contributed by atoms with E-state index in [0.29, 0.717) is 16.6 Å². The maximum atomic E-state index is 10.1. The zero-order chi connectivity index (χ0) is 22.1. The molecule has 0 unspecified atom stereocenters. The third-order valence-electron chi connectivity index (χ3n) is 6.60. The van der Waals surface area contributed by atoms with E-state index in [1.807, 2.05) is 36.4 Å². The lowest BCUT2D eigenvalue weighted by Gasteiger charge is -2.11. The normalized spacial score (nSPS) is 11.9. The number of nitrogens with zero attached hydrogens (tertiary/aromatic N) is 1. The van der Waals surface area contributed by atoms with Crippen LogP contribution in [0.5, 0.6) is 0 Å². The Balaban J connectivity index is 1.69. The lowest BCUT2D eigenvalue weighted by molar-refractivity contribution is 0.426. The van der Waals surface area contributed by atoms with Crippen LogP contribution in [0.1, 0.15) is 0 Å². The second-order valence-corrected chi connectivity index (χ2v) is 8.42. The number of hydrogen-bond donors (Lipinski definition) is 2. The molecular weight excluding hydrogens is 409 g/mol. The van der Waals surface area contributed by atoms with E-state index in [4.69, 9.17) is 4.42 Å². The Labute approximate surface area is 189 Å². The molecule has 0 atom stereocenters. The first-order valence-electron chi connectivity index (χ1n) is 10.9. The third-order valence-corrected chi connectivity index (χ3v) is 6.60. The van der Waals surface area contributed by atoms with Gasteiger partial charge in [-0.3, -0.25) is 0 Å². The van der Waals surface area contributed by atoms with Gasteiger partial charge in [-0.25, -0.2) is 0 Å². The minimum absolute atomic E-state index is 0.435. The predicted molar refractivity (Wildman–Crippen MR) is 135 cm³/mol. The summed E-state index contributed by atoms with van der Waals surface area (Å²) < 4.78 is 8.56. The maximum Gasteiger partial charge on any atom is 0.489 e. The standard InChI is InChI=1S/C28H18BNO3/c31-29(32)22-13-14-24(28-27(22)20-10-4-6-12-26(20)33-28)30-23-11-5-3-9-19(23)21-15-17-7-1-2-8-18(17)16-25(21)30/h1-16,31-32H. The van der Waals surface area contributed by atoms with Gasteiger partial charge >= 0.3 is 7.12 Å². The van der Waals surface area contributed by atoms with Gasteiger partial charge in [0.25, 0.3) is 0 Å². The largest absolute Gasteiger partial charge is 0.489 e. The van der Waals surface area contributed by atoms with E-state index in [9.17, 15) is 10.0 Å². The molecule has 2 heterocycles. The number of para-hydroxylation sites is 2. The lowest BCUT2D eigenvalue weighted by Crippen LogP contribution is -2.30. The summed E-state index contributed by atoms with van der Waals surface area (Å²) in [6.07, 6.45) is 0. The molecule has 7 rings (SSSR count). The molecule has 7 aromatic rings. The van der Waals surface area contributed by atoms with Crippen LogP contribution in [0.3, 0.4) is 0 Å². The molecule has 33 heavy (non-hydrogen) atoms. The highest BCUT2D eigenvalue weighted by Crippen LogP contribution is 2.38. The van der Waals surface area contributed by atoms with Crippen molar-refractivity contribution in [3.8, 4) is 5.69 Å². The number of aromatic nitrogens is 1. The van der Waals surface area contributed by atoms with Gasteiger partial charge in [-0.15, -0.1) is 0 Å². The highest BCUT2D eigenvalue weighted by Gasteiger charge is 2.24. The lowest BCUT2D eigenvalue weighted by atomic mass is 9.77. The quantitative estimate of drug-likeness (QED) is 0.358. The fourth-order valence-electron chi connectivity index (χ4n) is 5.15. The van der Waals surface area contributed by atoms with Gasteiger partial charge in [0.1, 0.15) is 5.58 Å². The molecule has 5 aromatic carbocycles. The fourth-order valence-corrected chi connectivity index (χ4v) is 5.15. The number of hydrogen-bond acceptors (Lipinski definition) is 3. The van der Waals surface area contributed by atoms with Crippen LogP contribution in [-0.4, -0.2) is 21.7 Å². The molecule has 0 radical (unpaired) electrons. The molecule has 0 saturated heterocycles. The second-order valence-electron chi connectivity index (χ2n) is 8.42. The van der Waals surface area contributed by atoms with Crippen LogP contribution >= 0.6 is 0 Å². The Kier molecular flexibility index (Phi) is 3.77. The van der Waals surface area contributed by atoms with E-state index in [1.165, 1.54) is 10.8 Å². The Bertz CT molecular complexity index is 1860. The minimum Gasteiger partial charge on any atom is -0.454 e. The van der Waals surface area contributed by atoms with Crippen molar-refractivity contribution >= 4 is 67.1 Å². The molecule has 2 N–H and O–H groups in total. The van der Waals surface area contributed by atoms with Crippen LogP contribution in [0.25, 0.3) is 60.2 Å². The van der Waals surface area contributed by atoms with Crippen LogP contribution in [0.2, 0.25) is 0 Å². The van der Waals surface area contributed by atoms with Crippen molar-refractivity contribution in [2.24, 2.45) is 0 Å². The molecule has 156 valence electrons. The zero-order valence-corrected chi connectivity index (χ0v) is 17.6. The van der Waals surface area contributed by atoms with Gasteiger partial charge in [0.2, 0.25) is 0 Å². The predicted octanol–water partition coefficient (Wildman–Crippen LogP) is 5.52. The third kappa shape index (κ3) is 2.55. The summed E-state index contributed by atoms with van der Waals surface area (Å²) in [7, 11) is -1.59. The maximum absolute atomic E-state index is 10.1. The van der Waals surface area contributed by atoms with Crippen molar-refractivity contribution in [2.45, 2.75) is 0 Å². The average molecular weight is 427 g/mol. The van der Waals surface area contributed by atoms with Crippen LogP contribution in [-0.2, 0) is 0 Å². The van der Waals surface area contributed by atoms with Crippen molar-refractivity contribution in [3.63, 3.8) is 0 Å². The summed E-state index contributed by atoms with van der Waals surface area (Å²) in [5.41, 5.74) is 4.80. The minimum atomic E-state index is -1.59. The summed E-state index contributed by atoms with van der Waals surface area (Å²) in [5, 5.41) is 26.5. The Morgan fingerprint density at radius 2 is 1.33 bits per heavy atom. The molecule has 0 fully saturated rings. The highest BCUT2D eigenvalue weighted by atomic mass is 16.4. The van der Waals surface area contributed by atoms with Crippen LogP contribution < -0.4 is 5.46 Å². The fraction of sp³-hybridized carbons (Fsp3) is 0. The first-order valence-corrected chi connectivity index (χ1v) is 10.9. The van der Waals surface area contributed by atoms with Crippen molar-refractivity contribution in [1.29, 1.82) is 0 Å². The first kappa shape index (κ1) is 18.5. The second kappa shape index (κ2) is 6.72. The molecule has 0 bridgehead atoms. The van der Waals surface area contributed by atoms with Gasteiger partial charge in [0, 0.05) is 21.5 Å². The van der Waals surface area contributed by atoms with Gasteiger partial charge < -0.3 is 19.0 Å². The van der Waals surface area contributed by atoms with E-state index in [-0.39, 0.29) is 0 Å². The molecule has 0 amide bonds. The molecular formula is C28H18BNO3. The van der Waals surface area contributed by atoms with Crippen molar-refractivity contribution in [3.05, 3.63) is 97.1 Å². The van der Waals surface area contributed by atoms with Gasteiger partial charge in [-0.05, 0) is 46.6 Å². The molecule has 0 aliphatic heterocycles. The van der Waals surface area contributed by atoms with E-state index < -0.39 is 7.12 Å². The summed E-state index contributed by atoms with van der Waals surface area (Å²) in [4.78, 5) is 0. The van der Waals surface area contributed by atoms with Crippen LogP contribution in [0, 0.1) is 0 Å². The SMILES string of the molecule is OB(O)c1ccc(-n2c3ccccc3c3cc4ccccc4cc32)c2oc3ccccc3c12. The molecule has 5 heteroatoms. The molecule has 0 aliphatic carbocycles. The smallest absolute Gasteiger partial charge is 0.454 e. The Morgan fingerprint density at radius 3 is 2.15 bits per heavy atom. The number of rotatable bonds is 2. The number of furan rings is 1. The van der Waals surface area contributed by atoms with E-state index in [0.717, 1.165) is 38.3 Å². The van der Waals surface area contributed by atoms with Crippen molar-refractivity contribution in [1.82, 2.24) is 4.57 Å². The van der Waals surface area contributed by atoms with E-state index in [1.54, 1.807) is 6.07 Å². The number of benzene rings is 5. The Morgan fingerprint density at radius 1 is 0.636 bits per heavy atom. The zero-order valence-electron chi connectivity index (χ0n) is 17.6.